The van der Waals surface area contributed by atoms with E-state index in [1.165, 1.54) is 7.11 Å². The van der Waals surface area contributed by atoms with Crippen LogP contribution < -0.4 is 16.1 Å². The molecule has 0 atom stereocenters. The number of nitrogens with zero attached hydrogens (tertiary/aromatic N) is 3. The highest BCUT2D eigenvalue weighted by molar-refractivity contribution is 5.05. The van der Waals surface area contributed by atoms with Crippen LogP contribution in [0.4, 0.5) is 0 Å². The SMILES string of the molecule is COc1nnc(C(C)C)c(=O)n1N. The zero-order chi connectivity index (χ0) is 10.0. The number of hydrogen-bond donors (Lipinski definition) is 1. The molecule has 0 aliphatic rings. The lowest BCUT2D eigenvalue weighted by atomic mass is 10.1. The van der Waals surface area contributed by atoms with Crippen molar-refractivity contribution >= 4 is 0 Å². The third kappa shape index (κ3) is 1.61. The molecule has 0 bridgehead atoms. The maximum Gasteiger partial charge on any atom is 0.337 e. The summed E-state index contributed by atoms with van der Waals surface area (Å²) in [5.41, 5.74) is -0.0369. The Kier molecular flexibility index (Phi) is 2.50. The first-order valence-corrected chi connectivity index (χ1v) is 3.86. The van der Waals surface area contributed by atoms with Gasteiger partial charge in [0.2, 0.25) is 0 Å². The molecule has 0 saturated heterocycles. The average Bonchev–Trinajstić information content (AvgIpc) is 2.09. The van der Waals surface area contributed by atoms with Crippen molar-refractivity contribution in [2.75, 3.05) is 13.0 Å². The van der Waals surface area contributed by atoms with Crippen LogP contribution in [0.25, 0.3) is 0 Å². The van der Waals surface area contributed by atoms with E-state index in [4.69, 9.17) is 10.6 Å². The van der Waals surface area contributed by atoms with Gasteiger partial charge in [-0.15, -0.1) is 5.10 Å². The van der Waals surface area contributed by atoms with Crippen molar-refractivity contribution in [2.24, 2.45) is 0 Å². The molecule has 72 valence electrons. The van der Waals surface area contributed by atoms with Crippen molar-refractivity contribution in [1.82, 2.24) is 14.9 Å². The Morgan fingerprint density at radius 2 is 2.08 bits per heavy atom. The monoisotopic (exact) mass is 184 g/mol. The van der Waals surface area contributed by atoms with Crippen LogP contribution in [0, 0.1) is 0 Å². The van der Waals surface area contributed by atoms with Crippen LogP contribution in [-0.4, -0.2) is 22.0 Å². The lowest BCUT2D eigenvalue weighted by Crippen LogP contribution is -2.33. The second kappa shape index (κ2) is 3.42. The van der Waals surface area contributed by atoms with Gasteiger partial charge in [0.05, 0.1) is 7.11 Å². The minimum Gasteiger partial charge on any atom is -0.466 e. The lowest BCUT2D eigenvalue weighted by Gasteiger charge is -2.07. The van der Waals surface area contributed by atoms with E-state index in [0.29, 0.717) is 5.69 Å². The molecule has 0 radical (unpaired) electrons. The quantitative estimate of drug-likeness (QED) is 0.625. The van der Waals surface area contributed by atoms with Gasteiger partial charge in [0.15, 0.2) is 0 Å². The summed E-state index contributed by atoms with van der Waals surface area (Å²) in [6, 6.07) is 0.00870. The van der Waals surface area contributed by atoms with E-state index in [2.05, 4.69) is 10.2 Å². The molecule has 6 nitrogen and oxygen atoms in total. The highest BCUT2D eigenvalue weighted by Gasteiger charge is 2.12. The van der Waals surface area contributed by atoms with Gasteiger partial charge >= 0.3 is 6.01 Å². The van der Waals surface area contributed by atoms with Gasteiger partial charge in [0.1, 0.15) is 5.69 Å². The van der Waals surface area contributed by atoms with Crippen molar-refractivity contribution in [3.8, 4) is 6.01 Å². The molecule has 0 spiro atoms. The minimum absolute atomic E-state index is 0.000654. The summed E-state index contributed by atoms with van der Waals surface area (Å²) in [5, 5.41) is 7.37. The Morgan fingerprint density at radius 3 is 2.54 bits per heavy atom. The smallest absolute Gasteiger partial charge is 0.337 e. The summed E-state index contributed by atoms with van der Waals surface area (Å²) in [5.74, 6) is 5.41. The van der Waals surface area contributed by atoms with Crippen LogP contribution in [0.15, 0.2) is 4.79 Å². The molecular weight excluding hydrogens is 172 g/mol. The van der Waals surface area contributed by atoms with Crippen LogP contribution in [0.2, 0.25) is 0 Å². The van der Waals surface area contributed by atoms with Crippen LogP contribution in [-0.2, 0) is 0 Å². The number of ether oxygens (including phenoxy) is 1. The van der Waals surface area contributed by atoms with Crippen molar-refractivity contribution in [2.45, 2.75) is 19.8 Å². The summed E-state index contributed by atoms with van der Waals surface area (Å²) >= 11 is 0. The Morgan fingerprint density at radius 1 is 1.46 bits per heavy atom. The number of nitrogens with two attached hydrogens (primary N) is 1. The topological polar surface area (TPSA) is 83.0 Å². The van der Waals surface area contributed by atoms with Crippen molar-refractivity contribution in [1.29, 1.82) is 0 Å². The van der Waals surface area contributed by atoms with Crippen LogP contribution in [0.3, 0.4) is 0 Å². The Labute approximate surface area is 75.3 Å². The number of nitrogen functional groups attached to an aromatic ring is 1. The predicted octanol–water partition coefficient (Wildman–Crippen LogP) is -0.516. The first-order valence-electron chi connectivity index (χ1n) is 3.86. The highest BCUT2D eigenvalue weighted by Crippen LogP contribution is 2.05. The third-order valence-corrected chi connectivity index (χ3v) is 1.62. The summed E-state index contributed by atoms with van der Waals surface area (Å²) in [4.78, 5) is 11.4. The lowest BCUT2D eigenvalue weighted by molar-refractivity contribution is 0.352. The number of aromatic nitrogens is 3. The van der Waals surface area contributed by atoms with Gasteiger partial charge in [-0.2, -0.15) is 4.68 Å². The highest BCUT2D eigenvalue weighted by atomic mass is 16.5. The van der Waals surface area contributed by atoms with Gasteiger partial charge in [-0.25, -0.2) is 0 Å². The standard InChI is InChI=1S/C7H12N4O2/c1-4(2)5-6(12)11(8)7(13-3)10-9-5/h4H,8H2,1-3H3. The Bertz CT molecular complexity index is 358. The van der Waals surface area contributed by atoms with E-state index in [0.717, 1.165) is 4.68 Å². The van der Waals surface area contributed by atoms with Gasteiger partial charge in [-0.05, 0) is 0 Å². The summed E-state index contributed by atoms with van der Waals surface area (Å²) in [7, 11) is 1.38. The molecule has 0 aromatic carbocycles. The maximum atomic E-state index is 11.4. The second-order valence-electron chi connectivity index (χ2n) is 2.90. The van der Waals surface area contributed by atoms with Crippen LogP contribution in [0.5, 0.6) is 6.01 Å². The molecule has 0 aliphatic carbocycles. The molecule has 0 fully saturated rings. The number of hydrogen-bond acceptors (Lipinski definition) is 5. The Balaban J connectivity index is 3.32. The normalized spacial score (nSPS) is 10.5. The summed E-state index contributed by atoms with van der Waals surface area (Å²) in [6.45, 7) is 3.69. The average molecular weight is 184 g/mol. The van der Waals surface area contributed by atoms with Crippen molar-refractivity contribution in [3.05, 3.63) is 16.0 Å². The molecule has 2 N–H and O–H groups in total. The maximum absolute atomic E-state index is 11.4. The van der Waals surface area contributed by atoms with Gasteiger partial charge in [-0.3, -0.25) is 4.79 Å². The van der Waals surface area contributed by atoms with Crippen molar-refractivity contribution in [3.63, 3.8) is 0 Å². The summed E-state index contributed by atoms with van der Waals surface area (Å²) in [6.07, 6.45) is 0. The fourth-order valence-corrected chi connectivity index (χ4v) is 0.899. The summed E-state index contributed by atoms with van der Waals surface area (Å²) < 4.78 is 5.57. The fraction of sp³-hybridized carbons (Fsp3) is 0.571. The molecule has 0 aliphatic heterocycles. The molecule has 1 aromatic rings. The first kappa shape index (κ1) is 9.50. The molecule has 6 heteroatoms. The van der Waals surface area contributed by atoms with Crippen LogP contribution in [0.1, 0.15) is 25.5 Å². The minimum atomic E-state index is -0.373. The van der Waals surface area contributed by atoms with Gasteiger partial charge < -0.3 is 10.6 Å². The van der Waals surface area contributed by atoms with E-state index in [1.54, 1.807) is 0 Å². The van der Waals surface area contributed by atoms with Gasteiger partial charge in [-0.1, -0.05) is 18.9 Å². The molecule has 1 heterocycles. The largest absolute Gasteiger partial charge is 0.466 e. The zero-order valence-electron chi connectivity index (χ0n) is 7.81. The third-order valence-electron chi connectivity index (χ3n) is 1.62. The zero-order valence-corrected chi connectivity index (χ0v) is 7.81. The van der Waals surface area contributed by atoms with E-state index in [1.807, 2.05) is 13.8 Å². The van der Waals surface area contributed by atoms with E-state index in [9.17, 15) is 4.79 Å². The van der Waals surface area contributed by atoms with E-state index < -0.39 is 0 Å². The fourth-order valence-electron chi connectivity index (χ4n) is 0.899. The van der Waals surface area contributed by atoms with Gasteiger partial charge in [0.25, 0.3) is 5.56 Å². The Hall–Kier alpha value is -1.59. The van der Waals surface area contributed by atoms with Gasteiger partial charge in [0, 0.05) is 5.92 Å². The molecular formula is C7H12N4O2. The molecule has 0 unspecified atom stereocenters. The number of rotatable bonds is 2. The molecule has 1 aromatic heterocycles. The van der Waals surface area contributed by atoms with E-state index >= 15 is 0 Å². The second-order valence-corrected chi connectivity index (χ2v) is 2.90. The molecule has 1 rings (SSSR count). The number of methoxy groups -OCH3 is 1. The molecule has 13 heavy (non-hydrogen) atoms. The molecule has 0 saturated carbocycles. The molecule has 0 amide bonds. The first-order chi connectivity index (χ1) is 6.07. The van der Waals surface area contributed by atoms with E-state index in [-0.39, 0.29) is 17.5 Å². The van der Waals surface area contributed by atoms with Crippen molar-refractivity contribution < 1.29 is 4.74 Å². The predicted molar refractivity (Wildman–Crippen MR) is 47.1 cm³/mol. The van der Waals surface area contributed by atoms with Crippen LogP contribution >= 0.6 is 0 Å².